The number of rotatable bonds is 3. The highest BCUT2D eigenvalue weighted by Crippen LogP contribution is 2.29. The zero-order chi connectivity index (χ0) is 10.8. The molecule has 0 nitrogen and oxygen atoms in total. The van der Waals surface area contributed by atoms with Crippen LogP contribution in [0, 0.1) is 5.92 Å². The van der Waals surface area contributed by atoms with E-state index < -0.39 is 0 Å². The van der Waals surface area contributed by atoms with Gasteiger partial charge in [0.25, 0.3) is 0 Å². The van der Waals surface area contributed by atoms with Gasteiger partial charge < -0.3 is 0 Å². The standard InChI is InChI=1S/C13H15BrS/c1-9(10(2)14)7-11-8-15-13-6-4-3-5-12(11)13/h3-6,8-10H,7H2,1-2H3. The van der Waals surface area contributed by atoms with Crippen molar-refractivity contribution in [2.45, 2.75) is 25.1 Å². The molecule has 2 atom stereocenters. The van der Waals surface area contributed by atoms with Gasteiger partial charge in [0.15, 0.2) is 0 Å². The maximum absolute atomic E-state index is 3.65. The molecule has 0 aliphatic carbocycles. The van der Waals surface area contributed by atoms with Crippen LogP contribution in [0.3, 0.4) is 0 Å². The third kappa shape index (κ3) is 2.43. The van der Waals surface area contributed by atoms with Crippen LogP contribution in [0.25, 0.3) is 10.1 Å². The molecule has 0 amide bonds. The van der Waals surface area contributed by atoms with Crippen LogP contribution in [0.2, 0.25) is 0 Å². The number of thiophene rings is 1. The van der Waals surface area contributed by atoms with Crippen LogP contribution in [-0.2, 0) is 6.42 Å². The fraction of sp³-hybridized carbons (Fsp3) is 0.385. The molecule has 0 saturated carbocycles. The summed E-state index contributed by atoms with van der Waals surface area (Å²) in [5.41, 5.74) is 1.49. The van der Waals surface area contributed by atoms with Crippen molar-refractivity contribution in [3.8, 4) is 0 Å². The topological polar surface area (TPSA) is 0 Å². The second-order valence-electron chi connectivity index (χ2n) is 4.12. The van der Waals surface area contributed by atoms with Crippen molar-refractivity contribution in [3.05, 3.63) is 35.2 Å². The number of fused-ring (bicyclic) bond motifs is 1. The molecule has 0 fully saturated rings. The fourth-order valence-corrected chi connectivity index (χ4v) is 2.86. The summed E-state index contributed by atoms with van der Waals surface area (Å²) in [7, 11) is 0. The minimum absolute atomic E-state index is 0.580. The van der Waals surface area contributed by atoms with E-state index in [1.165, 1.54) is 15.6 Å². The van der Waals surface area contributed by atoms with E-state index in [4.69, 9.17) is 0 Å². The summed E-state index contributed by atoms with van der Waals surface area (Å²) in [5.74, 6) is 0.683. The molecular weight excluding hydrogens is 268 g/mol. The molecule has 0 saturated heterocycles. The molecule has 0 bridgehead atoms. The van der Waals surface area contributed by atoms with Crippen molar-refractivity contribution in [1.82, 2.24) is 0 Å². The molecule has 2 rings (SSSR count). The Morgan fingerprint density at radius 2 is 2.00 bits per heavy atom. The summed E-state index contributed by atoms with van der Waals surface area (Å²) < 4.78 is 1.40. The smallest absolute Gasteiger partial charge is 0.0345 e. The molecule has 2 aromatic rings. The van der Waals surface area contributed by atoms with Gasteiger partial charge in [0.2, 0.25) is 0 Å². The van der Waals surface area contributed by atoms with Gasteiger partial charge in [0, 0.05) is 9.53 Å². The summed E-state index contributed by atoms with van der Waals surface area (Å²) >= 11 is 5.51. The molecule has 15 heavy (non-hydrogen) atoms. The van der Waals surface area contributed by atoms with E-state index in [0.29, 0.717) is 10.7 Å². The zero-order valence-electron chi connectivity index (χ0n) is 9.03. The first kappa shape index (κ1) is 11.2. The molecule has 0 aliphatic rings. The lowest BCUT2D eigenvalue weighted by Crippen LogP contribution is -2.09. The maximum atomic E-state index is 3.65. The third-order valence-electron chi connectivity index (χ3n) is 2.89. The van der Waals surface area contributed by atoms with Gasteiger partial charge in [0.1, 0.15) is 0 Å². The van der Waals surface area contributed by atoms with Gasteiger partial charge in [-0.3, -0.25) is 0 Å². The van der Waals surface area contributed by atoms with E-state index in [-0.39, 0.29) is 0 Å². The molecule has 1 heterocycles. The van der Waals surface area contributed by atoms with E-state index in [0.717, 1.165) is 6.42 Å². The van der Waals surface area contributed by atoms with Gasteiger partial charge in [-0.1, -0.05) is 48.0 Å². The van der Waals surface area contributed by atoms with Crippen molar-refractivity contribution < 1.29 is 0 Å². The largest absolute Gasteiger partial charge is 0.144 e. The van der Waals surface area contributed by atoms with Crippen molar-refractivity contribution in [2.24, 2.45) is 5.92 Å². The number of benzene rings is 1. The second-order valence-corrected chi connectivity index (χ2v) is 6.47. The van der Waals surface area contributed by atoms with Crippen molar-refractivity contribution in [3.63, 3.8) is 0 Å². The lowest BCUT2D eigenvalue weighted by atomic mass is 9.98. The van der Waals surface area contributed by atoms with Crippen molar-refractivity contribution in [1.29, 1.82) is 0 Å². The zero-order valence-corrected chi connectivity index (χ0v) is 11.4. The molecule has 1 aromatic heterocycles. The molecular formula is C13H15BrS. The van der Waals surface area contributed by atoms with E-state index in [1.807, 2.05) is 11.3 Å². The second kappa shape index (κ2) is 4.67. The first-order valence-electron chi connectivity index (χ1n) is 5.27. The summed E-state index contributed by atoms with van der Waals surface area (Å²) in [6.45, 7) is 4.52. The fourth-order valence-electron chi connectivity index (χ4n) is 1.70. The first-order chi connectivity index (χ1) is 7.18. The van der Waals surface area contributed by atoms with Crippen LogP contribution in [-0.4, -0.2) is 4.83 Å². The van der Waals surface area contributed by atoms with Gasteiger partial charge in [-0.05, 0) is 34.7 Å². The molecule has 0 N–H and O–H groups in total. The van der Waals surface area contributed by atoms with Gasteiger partial charge in [-0.25, -0.2) is 0 Å². The Balaban J connectivity index is 2.29. The molecule has 0 spiro atoms. The normalized spacial score (nSPS) is 15.4. The molecule has 0 radical (unpaired) electrons. The summed E-state index contributed by atoms with van der Waals surface area (Å²) in [6, 6.07) is 8.67. The predicted molar refractivity (Wildman–Crippen MR) is 73.1 cm³/mol. The SMILES string of the molecule is CC(Br)C(C)Cc1csc2ccccc12. The van der Waals surface area contributed by atoms with Crippen LogP contribution in [0.15, 0.2) is 29.6 Å². The first-order valence-corrected chi connectivity index (χ1v) is 7.07. The maximum Gasteiger partial charge on any atom is 0.0345 e. The van der Waals surface area contributed by atoms with Crippen molar-refractivity contribution in [2.75, 3.05) is 0 Å². The van der Waals surface area contributed by atoms with Gasteiger partial charge in [-0.2, -0.15) is 0 Å². The third-order valence-corrected chi connectivity index (χ3v) is 4.80. The number of alkyl halides is 1. The highest BCUT2D eigenvalue weighted by atomic mass is 79.9. The monoisotopic (exact) mass is 282 g/mol. The van der Waals surface area contributed by atoms with Crippen LogP contribution < -0.4 is 0 Å². The Labute approximate surface area is 103 Å². The predicted octanol–water partition coefficient (Wildman–Crippen LogP) is 4.86. The molecule has 0 aliphatic heterocycles. The van der Waals surface area contributed by atoms with E-state index >= 15 is 0 Å². The van der Waals surface area contributed by atoms with Gasteiger partial charge in [-0.15, -0.1) is 11.3 Å². The molecule has 2 unspecified atom stereocenters. The lowest BCUT2D eigenvalue weighted by Gasteiger charge is -2.13. The Hall–Kier alpha value is -0.340. The molecule has 2 heteroatoms. The average Bonchev–Trinajstić information content (AvgIpc) is 2.62. The van der Waals surface area contributed by atoms with Crippen LogP contribution in [0.4, 0.5) is 0 Å². The van der Waals surface area contributed by atoms with E-state index in [1.54, 1.807) is 0 Å². The minimum atomic E-state index is 0.580. The Kier molecular flexibility index (Phi) is 3.47. The van der Waals surface area contributed by atoms with Crippen molar-refractivity contribution >= 4 is 37.4 Å². The summed E-state index contributed by atoms with van der Waals surface area (Å²) in [5, 5.41) is 3.74. The molecule has 1 aromatic carbocycles. The summed E-state index contributed by atoms with van der Waals surface area (Å²) in [4.78, 5) is 0.580. The highest BCUT2D eigenvalue weighted by Gasteiger charge is 2.12. The Morgan fingerprint density at radius 3 is 2.73 bits per heavy atom. The van der Waals surface area contributed by atoms with Crippen LogP contribution in [0.5, 0.6) is 0 Å². The van der Waals surface area contributed by atoms with Gasteiger partial charge in [0.05, 0.1) is 0 Å². The number of hydrogen-bond acceptors (Lipinski definition) is 1. The summed E-state index contributed by atoms with van der Waals surface area (Å²) in [6.07, 6.45) is 1.16. The highest BCUT2D eigenvalue weighted by molar-refractivity contribution is 9.09. The number of halogens is 1. The van der Waals surface area contributed by atoms with Crippen LogP contribution >= 0.6 is 27.3 Å². The Bertz CT molecular complexity index is 444. The number of hydrogen-bond donors (Lipinski definition) is 0. The van der Waals surface area contributed by atoms with Gasteiger partial charge >= 0.3 is 0 Å². The Morgan fingerprint density at radius 1 is 1.27 bits per heavy atom. The van der Waals surface area contributed by atoms with Crippen LogP contribution in [0.1, 0.15) is 19.4 Å². The molecule has 80 valence electrons. The quantitative estimate of drug-likeness (QED) is 0.705. The van der Waals surface area contributed by atoms with E-state index in [2.05, 4.69) is 59.4 Å². The average molecular weight is 283 g/mol. The van der Waals surface area contributed by atoms with E-state index in [9.17, 15) is 0 Å². The lowest BCUT2D eigenvalue weighted by molar-refractivity contribution is 0.584. The minimum Gasteiger partial charge on any atom is -0.144 e.